The Hall–Kier alpha value is -2.63. The zero-order chi connectivity index (χ0) is 22.7. The Bertz CT molecular complexity index is 1170. The second-order valence-electron chi connectivity index (χ2n) is 7.41. The highest BCUT2D eigenvalue weighted by Gasteiger charge is 2.27. The zero-order valence-corrected chi connectivity index (χ0v) is 19.5. The van der Waals surface area contributed by atoms with Gasteiger partial charge in [-0.2, -0.15) is 4.31 Å². The van der Waals surface area contributed by atoms with E-state index in [0.717, 1.165) is 12.8 Å². The van der Waals surface area contributed by atoms with Gasteiger partial charge >= 0.3 is 0 Å². The molecule has 1 amide bonds. The molecule has 1 fully saturated rings. The first-order chi connectivity index (χ1) is 15.4. The normalized spacial score (nSPS) is 15.7. The number of sulfonamides is 1. The van der Waals surface area contributed by atoms with E-state index in [1.54, 1.807) is 31.4 Å². The number of thioether (sulfide) groups is 1. The molecule has 1 aliphatic heterocycles. The Kier molecular flexibility index (Phi) is 6.68. The quantitative estimate of drug-likeness (QED) is 0.497. The number of benzene rings is 1. The van der Waals surface area contributed by atoms with E-state index >= 15 is 0 Å². The van der Waals surface area contributed by atoms with E-state index in [1.165, 1.54) is 28.2 Å². The van der Waals surface area contributed by atoms with Crippen molar-refractivity contribution in [3.05, 3.63) is 42.7 Å². The van der Waals surface area contributed by atoms with E-state index in [4.69, 9.17) is 4.42 Å². The van der Waals surface area contributed by atoms with Crippen LogP contribution in [0.15, 0.2) is 57.1 Å². The molecule has 32 heavy (non-hydrogen) atoms. The van der Waals surface area contributed by atoms with Crippen molar-refractivity contribution in [1.82, 2.24) is 19.1 Å². The van der Waals surface area contributed by atoms with Crippen LogP contribution in [0.4, 0.5) is 5.69 Å². The van der Waals surface area contributed by atoms with Crippen LogP contribution < -0.4 is 5.32 Å². The summed E-state index contributed by atoms with van der Waals surface area (Å²) in [4.78, 5) is 12.9. The number of carbonyl (C=O) groups excluding carboxylic acids is 1. The second kappa shape index (κ2) is 9.47. The summed E-state index contributed by atoms with van der Waals surface area (Å²) in [5.41, 5.74) is 0.538. The minimum Gasteiger partial charge on any atom is -0.461 e. The smallest absolute Gasteiger partial charge is 0.243 e. The molecule has 3 heterocycles. The number of hydrogen-bond donors (Lipinski definition) is 1. The summed E-state index contributed by atoms with van der Waals surface area (Å²) < 4.78 is 34.1. The van der Waals surface area contributed by atoms with Gasteiger partial charge in [-0.25, -0.2) is 8.42 Å². The van der Waals surface area contributed by atoms with Crippen molar-refractivity contribution in [2.75, 3.05) is 18.4 Å². The highest BCUT2D eigenvalue weighted by Crippen LogP contribution is 2.28. The fourth-order valence-electron chi connectivity index (χ4n) is 3.49. The minimum atomic E-state index is -3.47. The van der Waals surface area contributed by atoms with E-state index < -0.39 is 15.3 Å². The Labute approximate surface area is 191 Å². The summed E-state index contributed by atoms with van der Waals surface area (Å²) >= 11 is 1.30. The summed E-state index contributed by atoms with van der Waals surface area (Å²) in [7, 11) is -3.47. The number of rotatable bonds is 8. The van der Waals surface area contributed by atoms with Gasteiger partial charge in [-0.05, 0) is 63.1 Å². The van der Waals surface area contributed by atoms with E-state index in [9.17, 15) is 13.2 Å². The molecule has 0 aliphatic carbocycles. The van der Waals surface area contributed by atoms with Crippen LogP contribution in [-0.4, -0.2) is 51.7 Å². The van der Waals surface area contributed by atoms with Gasteiger partial charge < -0.3 is 9.73 Å². The third-order valence-corrected chi connectivity index (χ3v) is 8.24. The number of carbonyl (C=O) groups is 1. The summed E-state index contributed by atoms with van der Waals surface area (Å²) in [5.74, 6) is 1.02. The van der Waals surface area contributed by atoms with Gasteiger partial charge in [0.15, 0.2) is 16.7 Å². The average Bonchev–Trinajstić information content (AvgIpc) is 3.55. The molecule has 9 nitrogen and oxygen atoms in total. The van der Waals surface area contributed by atoms with Crippen LogP contribution in [0, 0.1) is 0 Å². The summed E-state index contributed by atoms with van der Waals surface area (Å²) in [6.07, 6.45) is 3.35. The zero-order valence-electron chi connectivity index (χ0n) is 17.9. The lowest BCUT2D eigenvalue weighted by molar-refractivity contribution is -0.115. The van der Waals surface area contributed by atoms with Crippen LogP contribution in [-0.2, 0) is 21.4 Å². The molecular weight excluding hydrogens is 450 g/mol. The van der Waals surface area contributed by atoms with E-state index in [-0.39, 0.29) is 10.8 Å². The topological polar surface area (TPSA) is 110 Å². The monoisotopic (exact) mass is 475 g/mol. The molecule has 1 aromatic carbocycles. The van der Waals surface area contributed by atoms with Gasteiger partial charge in [0.05, 0.1) is 16.4 Å². The maximum atomic E-state index is 12.7. The van der Waals surface area contributed by atoms with E-state index in [1.807, 2.05) is 17.6 Å². The SMILES string of the molecule is CCn1c(S[C@@H](C)C(=O)Nc2ccc(S(=O)(=O)N3CCCC3)cc2)nnc1-c1ccco1. The Morgan fingerprint density at radius 3 is 2.53 bits per heavy atom. The minimum absolute atomic E-state index is 0.213. The maximum absolute atomic E-state index is 12.7. The number of aromatic nitrogens is 3. The molecular formula is C21H25N5O4S2. The summed E-state index contributed by atoms with van der Waals surface area (Å²) in [5, 5.41) is 11.4. The molecule has 0 radical (unpaired) electrons. The van der Waals surface area contributed by atoms with Crippen LogP contribution in [0.3, 0.4) is 0 Å². The van der Waals surface area contributed by atoms with Crippen molar-refractivity contribution in [2.24, 2.45) is 0 Å². The number of furan rings is 1. The standard InChI is InChI=1S/C21H25N5O4S2/c1-3-26-19(18-7-6-14-30-18)23-24-21(26)31-15(2)20(27)22-16-8-10-17(11-9-16)32(28,29)25-12-4-5-13-25/h6-11,14-15H,3-5,12-13H2,1-2H3,(H,22,27)/t15-/m0/s1. The third-order valence-electron chi connectivity index (χ3n) is 5.25. The Balaban J connectivity index is 1.41. The summed E-state index contributed by atoms with van der Waals surface area (Å²) in [6, 6.07) is 9.89. The number of hydrogen-bond acceptors (Lipinski definition) is 7. The first-order valence-corrected chi connectivity index (χ1v) is 12.8. The van der Waals surface area contributed by atoms with E-state index in [2.05, 4.69) is 15.5 Å². The molecule has 0 saturated carbocycles. The highest BCUT2D eigenvalue weighted by atomic mass is 32.2. The van der Waals surface area contributed by atoms with Crippen molar-refractivity contribution in [1.29, 1.82) is 0 Å². The molecule has 3 aromatic rings. The molecule has 4 rings (SSSR count). The van der Waals surface area contributed by atoms with Crippen molar-refractivity contribution in [3.8, 4) is 11.6 Å². The van der Waals surface area contributed by atoms with Crippen molar-refractivity contribution in [3.63, 3.8) is 0 Å². The Morgan fingerprint density at radius 1 is 1.19 bits per heavy atom. The second-order valence-corrected chi connectivity index (χ2v) is 10.7. The van der Waals surface area contributed by atoms with E-state index in [0.29, 0.717) is 42.1 Å². The first kappa shape index (κ1) is 22.6. The number of amides is 1. The van der Waals surface area contributed by atoms with Gasteiger partial charge in [-0.3, -0.25) is 9.36 Å². The van der Waals surface area contributed by atoms with Crippen LogP contribution in [0.5, 0.6) is 0 Å². The first-order valence-electron chi connectivity index (χ1n) is 10.4. The molecule has 1 N–H and O–H groups in total. The van der Waals surface area contributed by atoms with Crippen LogP contribution >= 0.6 is 11.8 Å². The van der Waals surface area contributed by atoms with Crippen molar-refractivity contribution >= 4 is 33.4 Å². The molecule has 1 aliphatic rings. The lowest BCUT2D eigenvalue weighted by atomic mass is 10.3. The van der Waals surface area contributed by atoms with Gasteiger partial charge in [0, 0.05) is 25.3 Å². The molecule has 1 saturated heterocycles. The van der Waals surface area contributed by atoms with Crippen molar-refractivity contribution in [2.45, 2.75) is 48.5 Å². The molecule has 1 atom stereocenters. The fraction of sp³-hybridized carbons (Fsp3) is 0.381. The molecule has 0 bridgehead atoms. The largest absolute Gasteiger partial charge is 0.461 e. The summed E-state index contributed by atoms with van der Waals surface area (Å²) in [6.45, 7) is 5.50. The average molecular weight is 476 g/mol. The van der Waals surface area contributed by atoms with Crippen LogP contribution in [0.2, 0.25) is 0 Å². The predicted molar refractivity (Wildman–Crippen MR) is 122 cm³/mol. The van der Waals surface area contributed by atoms with Gasteiger partial charge in [0.25, 0.3) is 0 Å². The predicted octanol–water partition coefficient (Wildman–Crippen LogP) is 3.46. The van der Waals surface area contributed by atoms with Gasteiger partial charge in [-0.1, -0.05) is 11.8 Å². The molecule has 2 aromatic heterocycles. The lowest BCUT2D eigenvalue weighted by Crippen LogP contribution is -2.27. The van der Waals surface area contributed by atoms with Crippen molar-refractivity contribution < 1.29 is 17.6 Å². The fourth-order valence-corrected chi connectivity index (χ4v) is 5.92. The third kappa shape index (κ3) is 4.59. The molecule has 0 spiro atoms. The molecule has 11 heteroatoms. The maximum Gasteiger partial charge on any atom is 0.243 e. The number of nitrogens with one attached hydrogen (secondary N) is 1. The highest BCUT2D eigenvalue weighted by molar-refractivity contribution is 8.00. The molecule has 0 unspecified atom stereocenters. The lowest BCUT2D eigenvalue weighted by Gasteiger charge is -2.16. The molecule has 170 valence electrons. The number of nitrogens with zero attached hydrogens (tertiary/aromatic N) is 4. The van der Waals surface area contributed by atoms with Crippen LogP contribution in [0.25, 0.3) is 11.6 Å². The van der Waals surface area contributed by atoms with Gasteiger partial charge in [-0.15, -0.1) is 10.2 Å². The Morgan fingerprint density at radius 2 is 1.91 bits per heavy atom. The van der Waals surface area contributed by atoms with Gasteiger partial charge in [0.1, 0.15) is 0 Å². The van der Waals surface area contributed by atoms with Crippen LogP contribution in [0.1, 0.15) is 26.7 Å². The van der Waals surface area contributed by atoms with Gasteiger partial charge in [0.2, 0.25) is 15.9 Å². The number of anilines is 1.